The number of amides is 1. The summed E-state index contributed by atoms with van der Waals surface area (Å²) in [5.74, 6) is 1.07. The third kappa shape index (κ3) is 3.10. The van der Waals surface area contributed by atoms with Crippen LogP contribution in [0.15, 0.2) is 18.3 Å². The molecule has 1 atom stereocenters. The van der Waals surface area contributed by atoms with Gasteiger partial charge in [-0.2, -0.15) is 0 Å². The van der Waals surface area contributed by atoms with E-state index in [1.807, 2.05) is 12.1 Å². The zero-order chi connectivity index (χ0) is 13.8. The normalized spacial score (nSPS) is 22.8. The molecule has 2 fully saturated rings. The Labute approximate surface area is 119 Å². The molecule has 0 aromatic carbocycles. The van der Waals surface area contributed by atoms with E-state index < -0.39 is 0 Å². The molecule has 0 radical (unpaired) electrons. The second-order valence-corrected chi connectivity index (χ2v) is 5.59. The van der Waals surface area contributed by atoms with Crippen LogP contribution in [-0.2, 0) is 4.79 Å². The molecular weight excluding hydrogens is 252 g/mol. The molecule has 20 heavy (non-hydrogen) atoms. The molecule has 0 saturated carbocycles. The maximum atomic E-state index is 12.1. The smallest absolute Gasteiger partial charge is 0.241 e. The number of rotatable bonds is 3. The summed E-state index contributed by atoms with van der Waals surface area (Å²) in [6.45, 7) is 3.11. The van der Waals surface area contributed by atoms with Gasteiger partial charge in [-0.25, -0.2) is 4.98 Å². The van der Waals surface area contributed by atoms with Crippen LogP contribution < -0.4 is 15.5 Å². The lowest BCUT2D eigenvalue weighted by molar-refractivity contribution is -0.118. The minimum atomic E-state index is -0.0537. The van der Waals surface area contributed by atoms with Gasteiger partial charge in [0.05, 0.1) is 17.9 Å². The van der Waals surface area contributed by atoms with E-state index >= 15 is 0 Å². The van der Waals surface area contributed by atoms with Crippen molar-refractivity contribution in [1.82, 2.24) is 10.3 Å². The topological polar surface area (TPSA) is 57.3 Å². The molecule has 5 heteroatoms. The summed E-state index contributed by atoms with van der Waals surface area (Å²) in [7, 11) is 0. The Morgan fingerprint density at radius 3 is 2.75 bits per heavy atom. The van der Waals surface area contributed by atoms with Crippen molar-refractivity contribution in [3.63, 3.8) is 0 Å². The summed E-state index contributed by atoms with van der Waals surface area (Å²) in [5.41, 5.74) is 0.783. The average Bonchev–Trinajstić information content (AvgIpc) is 3.03. The summed E-state index contributed by atoms with van der Waals surface area (Å²) in [6.07, 6.45) is 7.45. The molecule has 108 valence electrons. The predicted octanol–water partition coefficient (Wildman–Crippen LogP) is 1.76. The van der Waals surface area contributed by atoms with Crippen molar-refractivity contribution in [2.24, 2.45) is 0 Å². The summed E-state index contributed by atoms with van der Waals surface area (Å²) < 4.78 is 0. The first kappa shape index (κ1) is 13.4. The standard InChI is InChI=1S/C15H22N4O/c20-15(13-5-1-2-8-16-13)18-12-6-7-14(17-11-12)19-9-3-4-10-19/h6-7,11,13,16H,1-5,8-10H2,(H,18,20)/t13-/m0/s1. The number of anilines is 2. The van der Waals surface area contributed by atoms with Gasteiger partial charge in [-0.15, -0.1) is 0 Å². The summed E-state index contributed by atoms with van der Waals surface area (Å²) in [5, 5.41) is 6.20. The molecule has 2 saturated heterocycles. The van der Waals surface area contributed by atoms with Crippen molar-refractivity contribution in [1.29, 1.82) is 0 Å². The number of aromatic nitrogens is 1. The van der Waals surface area contributed by atoms with E-state index in [2.05, 4.69) is 20.5 Å². The zero-order valence-corrected chi connectivity index (χ0v) is 11.8. The van der Waals surface area contributed by atoms with Crippen molar-refractivity contribution < 1.29 is 4.79 Å². The first-order chi connectivity index (χ1) is 9.83. The summed E-state index contributed by atoms with van der Waals surface area (Å²) in [4.78, 5) is 18.8. The Hall–Kier alpha value is -1.62. The Kier molecular flexibility index (Phi) is 4.16. The van der Waals surface area contributed by atoms with Crippen LogP contribution in [0.5, 0.6) is 0 Å². The number of hydrogen-bond donors (Lipinski definition) is 2. The quantitative estimate of drug-likeness (QED) is 0.882. The first-order valence-corrected chi connectivity index (χ1v) is 7.58. The lowest BCUT2D eigenvalue weighted by Crippen LogP contribution is -2.43. The molecule has 5 nitrogen and oxygen atoms in total. The fourth-order valence-electron chi connectivity index (χ4n) is 2.90. The minimum absolute atomic E-state index is 0.0537. The van der Waals surface area contributed by atoms with Crippen LogP contribution in [0.3, 0.4) is 0 Å². The van der Waals surface area contributed by atoms with Crippen LogP contribution in [0.2, 0.25) is 0 Å². The number of pyridine rings is 1. The van der Waals surface area contributed by atoms with Crippen LogP contribution in [0, 0.1) is 0 Å². The predicted molar refractivity (Wildman–Crippen MR) is 80.0 cm³/mol. The summed E-state index contributed by atoms with van der Waals surface area (Å²) in [6, 6.07) is 3.89. The fraction of sp³-hybridized carbons (Fsp3) is 0.600. The number of nitrogens with zero attached hydrogens (tertiary/aromatic N) is 2. The maximum Gasteiger partial charge on any atom is 0.241 e. The Morgan fingerprint density at radius 1 is 1.25 bits per heavy atom. The van der Waals surface area contributed by atoms with Crippen molar-refractivity contribution in [3.05, 3.63) is 18.3 Å². The molecule has 3 rings (SSSR count). The van der Waals surface area contributed by atoms with E-state index in [1.165, 1.54) is 12.8 Å². The third-order valence-electron chi connectivity index (χ3n) is 4.07. The van der Waals surface area contributed by atoms with Gasteiger partial charge in [0, 0.05) is 13.1 Å². The van der Waals surface area contributed by atoms with Crippen molar-refractivity contribution in [2.75, 3.05) is 29.9 Å². The van der Waals surface area contributed by atoms with Crippen molar-refractivity contribution in [3.8, 4) is 0 Å². The number of nitrogens with one attached hydrogen (secondary N) is 2. The van der Waals surface area contributed by atoms with Crippen molar-refractivity contribution >= 4 is 17.4 Å². The fourth-order valence-corrected chi connectivity index (χ4v) is 2.90. The van der Waals surface area contributed by atoms with Gasteiger partial charge in [0.15, 0.2) is 0 Å². The average molecular weight is 274 g/mol. The Balaban J connectivity index is 1.58. The Morgan fingerprint density at radius 2 is 2.10 bits per heavy atom. The van der Waals surface area contributed by atoms with Crippen LogP contribution >= 0.6 is 0 Å². The van der Waals surface area contributed by atoms with Crippen LogP contribution in [-0.4, -0.2) is 36.6 Å². The molecule has 2 aliphatic rings. The number of piperidine rings is 1. The molecule has 0 unspecified atom stereocenters. The van der Waals surface area contributed by atoms with Crippen LogP contribution in [0.1, 0.15) is 32.1 Å². The second-order valence-electron chi connectivity index (χ2n) is 5.59. The van der Waals surface area contributed by atoms with Gasteiger partial charge in [0.2, 0.25) is 5.91 Å². The zero-order valence-electron chi connectivity index (χ0n) is 11.8. The van der Waals surface area contributed by atoms with Gasteiger partial charge in [-0.1, -0.05) is 6.42 Å². The number of carbonyl (C=O) groups excluding carboxylic acids is 1. The van der Waals surface area contributed by atoms with Crippen LogP contribution in [0.25, 0.3) is 0 Å². The number of carbonyl (C=O) groups is 1. The highest BCUT2D eigenvalue weighted by Gasteiger charge is 2.20. The lowest BCUT2D eigenvalue weighted by atomic mass is 10.0. The number of hydrogen-bond acceptors (Lipinski definition) is 4. The van der Waals surface area contributed by atoms with Gasteiger partial charge in [-0.05, 0) is 44.4 Å². The summed E-state index contributed by atoms with van der Waals surface area (Å²) >= 11 is 0. The highest BCUT2D eigenvalue weighted by atomic mass is 16.2. The highest BCUT2D eigenvalue weighted by Crippen LogP contribution is 2.19. The molecular formula is C15H22N4O. The van der Waals surface area contributed by atoms with E-state index in [9.17, 15) is 4.79 Å². The minimum Gasteiger partial charge on any atom is -0.357 e. The maximum absolute atomic E-state index is 12.1. The monoisotopic (exact) mass is 274 g/mol. The lowest BCUT2D eigenvalue weighted by Gasteiger charge is -2.22. The van der Waals surface area contributed by atoms with Gasteiger partial charge in [0.25, 0.3) is 0 Å². The van der Waals surface area contributed by atoms with Crippen molar-refractivity contribution in [2.45, 2.75) is 38.1 Å². The van der Waals surface area contributed by atoms with E-state index in [1.54, 1.807) is 6.20 Å². The molecule has 0 aliphatic carbocycles. The molecule has 0 spiro atoms. The Bertz CT molecular complexity index is 447. The van der Waals surface area contributed by atoms with E-state index in [0.717, 1.165) is 50.4 Å². The third-order valence-corrected chi connectivity index (χ3v) is 4.07. The van der Waals surface area contributed by atoms with Gasteiger partial charge in [0.1, 0.15) is 5.82 Å². The largest absolute Gasteiger partial charge is 0.357 e. The van der Waals surface area contributed by atoms with Gasteiger partial charge >= 0.3 is 0 Å². The van der Waals surface area contributed by atoms with E-state index in [0.29, 0.717) is 0 Å². The molecule has 1 aromatic heterocycles. The van der Waals surface area contributed by atoms with E-state index in [4.69, 9.17) is 0 Å². The molecule has 2 aliphatic heterocycles. The molecule has 1 amide bonds. The van der Waals surface area contributed by atoms with Gasteiger partial charge in [-0.3, -0.25) is 4.79 Å². The van der Waals surface area contributed by atoms with E-state index in [-0.39, 0.29) is 11.9 Å². The second kappa shape index (κ2) is 6.22. The van der Waals surface area contributed by atoms with Gasteiger partial charge < -0.3 is 15.5 Å². The molecule has 1 aromatic rings. The molecule has 3 heterocycles. The van der Waals surface area contributed by atoms with Crippen LogP contribution in [0.4, 0.5) is 11.5 Å². The molecule has 0 bridgehead atoms. The molecule has 2 N–H and O–H groups in total. The SMILES string of the molecule is O=C(Nc1ccc(N2CCCC2)nc1)[C@@H]1CCCCN1. The first-order valence-electron chi connectivity index (χ1n) is 7.58. The highest BCUT2D eigenvalue weighted by molar-refractivity contribution is 5.94.